The van der Waals surface area contributed by atoms with E-state index in [1.54, 1.807) is 24.0 Å². The van der Waals surface area contributed by atoms with Gasteiger partial charge in [-0.1, -0.05) is 77.5 Å². The molecule has 2 aromatic rings. The van der Waals surface area contributed by atoms with E-state index < -0.39 is 59.6 Å². The average Bonchev–Trinajstić information content (AvgIpc) is 3.70. The summed E-state index contributed by atoms with van der Waals surface area (Å²) < 4.78 is 13.0. The summed E-state index contributed by atoms with van der Waals surface area (Å²) in [6.45, 7) is 14.9. The molecule has 3 heterocycles. The number of amides is 3. The lowest BCUT2D eigenvalue weighted by Crippen LogP contribution is -2.59. The Bertz CT molecular complexity index is 1610. The second kappa shape index (κ2) is 15.6. The van der Waals surface area contributed by atoms with Crippen molar-refractivity contribution >= 4 is 45.3 Å². The zero-order valence-electron chi connectivity index (χ0n) is 29.2. The zero-order chi connectivity index (χ0) is 36.3. The van der Waals surface area contributed by atoms with E-state index >= 15 is 0 Å². The maximum atomic E-state index is 15.0. The Hall–Kier alpha value is -3.80. The Morgan fingerprint density at radius 1 is 1.18 bits per heavy atom. The first-order chi connectivity index (χ1) is 23.9. The van der Waals surface area contributed by atoms with Crippen molar-refractivity contribution < 1.29 is 33.8 Å². The molecule has 2 aromatic carbocycles. The minimum Gasteiger partial charge on any atom is -0.455 e. The van der Waals surface area contributed by atoms with Crippen LogP contribution < -0.4 is 10.2 Å². The number of nitrogens with zero attached hydrogens (tertiary/aromatic N) is 2. The largest absolute Gasteiger partial charge is 0.455 e. The third-order valence-electron chi connectivity index (χ3n) is 10.3. The molecule has 50 heavy (non-hydrogen) atoms. The monoisotopic (exact) mass is 749 g/mol. The fourth-order valence-electron chi connectivity index (χ4n) is 7.96. The molecule has 3 aliphatic rings. The smallest absolute Gasteiger partial charge is 0.313 e. The first-order valence-electron chi connectivity index (χ1n) is 17.3. The molecule has 3 fully saturated rings. The Labute approximate surface area is 303 Å². The van der Waals surface area contributed by atoms with Gasteiger partial charge in [-0.15, -0.1) is 13.2 Å². The summed E-state index contributed by atoms with van der Waals surface area (Å²) in [5, 5.41) is 13.5. The third-order valence-corrected chi connectivity index (χ3v) is 11.2. The van der Waals surface area contributed by atoms with Gasteiger partial charge in [-0.2, -0.15) is 0 Å². The number of alkyl halides is 1. The van der Waals surface area contributed by atoms with E-state index in [1.165, 1.54) is 4.90 Å². The van der Waals surface area contributed by atoms with E-state index in [0.717, 1.165) is 11.1 Å². The maximum absolute atomic E-state index is 15.0. The van der Waals surface area contributed by atoms with E-state index in [-0.39, 0.29) is 36.2 Å². The topological polar surface area (TPSA) is 125 Å². The van der Waals surface area contributed by atoms with Gasteiger partial charge in [-0.25, -0.2) is 0 Å². The predicted molar refractivity (Wildman–Crippen MR) is 194 cm³/mol. The fraction of sp³-hybridized carbons (Fsp3) is 0.487. The molecule has 11 heteroatoms. The van der Waals surface area contributed by atoms with Crippen LogP contribution in [-0.2, 0) is 28.7 Å². The van der Waals surface area contributed by atoms with Crippen molar-refractivity contribution in [2.24, 2.45) is 11.8 Å². The molecule has 5 rings (SSSR count). The zero-order valence-corrected chi connectivity index (χ0v) is 30.8. The highest BCUT2D eigenvalue weighted by Gasteiger charge is 2.77. The van der Waals surface area contributed by atoms with Gasteiger partial charge in [0.2, 0.25) is 11.8 Å². The minimum absolute atomic E-state index is 0.181. The van der Waals surface area contributed by atoms with Crippen LogP contribution in [0.3, 0.4) is 0 Å². The molecule has 10 nitrogen and oxygen atoms in total. The molecule has 2 N–H and O–H groups in total. The van der Waals surface area contributed by atoms with E-state index in [4.69, 9.17) is 9.47 Å². The number of allylic oxidation sites excluding steroid dienone is 1. The number of rotatable bonds is 15. The van der Waals surface area contributed by atoms with Crippen molar-refractivity contribution in [2.75, 3.05) is 18.1 Å². The summed E-state index contributed by atoms with van der Waals surface area (Å²) in [7, 11) is 0. The molecule has 0 radical (unpaired) electrons. The van der Waals surface area contributed by atoms with Crippen molar-refractivity contribution in [3.63, 3.8) is 0 Å². The lowest BCUT2D eigenvalue weighted by molar-refractivity contribution is -0.162. The second-order valence-electron chi connectivity index (χ2n) is 13.6. The number of ether oxygens (including phenoxy) is 2. The van der Waals surface area contributed by atoms with Gasteiger partial charge in [0.1, 0.15) is 17.7 Å². The molecule has 3 saturated heterocycles. The fourth-order valence-corrected chi connectivity index (χ4v) is 8.90. The van der Waals surface area contributed by atoms with Crippen molar-refractivity contribution in [2.45, 2.75) is 94.1 Å². The van der Waals surface area contributed by atoms with Crippen LogP contribution in [0.2, 0.25) is 0 Å². The number of carbonyl (C=O) groups is 4. The lowest BCUT2D eigenvalue weighted by Gasteiger charge is -2.39. The highest BCUT2D eigenvalue weighted by Crippen LogP contribution is 2.61. The van der Waals surface area contributed by atoms with Crippen molar-refractivity contribution in [3.8, 4) is 0 Å². The molecular weight excluding hydrogens is 702 g/mol. The number of carbonyl (C=O) groups excluding carboxylic acids is 4. The molecule has 1 spiro atoms. The van der Waals surface area contributed by atoms with Crippen LogP contribution in [0.1, 0.15) is 62.3 Å². The number of hydrogen-bond acceptors (Lipinski definition) is 7. The third kappa shape index (κ3) is 6.79. The SMILES string of the molecule is C=CCCC(=O)N[C@@H](C)[C@H](OC(=O)[C@H]1[C@@H]2O[C@@]3(CC2Br)[C@@H]1C(=O)N([C@@H](CC)CO)[C@@H]3C(=O)N(CC=C)c1cc(C)ccc1C)c1ccccc1. The van der Waals surface area contributed by atoms with Gasteiger partial charge in [0, 0.05) is 23.5 Å². The number of likely N-dealkylation sites (tertiary alicyclic amines) is 1. The number of aliphatic hydroxyl groups is 1. The second-order valence-corrected chi connectivity index (χ2v) is 14.8. The molecule has 0 saturated carbocycles. The Morgan fingerprint density at radius 3 is 2.54 bits per heavy atom. The van der Waals surface area contributed by atoms with E-state index in [0.29, 0.717) is 30.5 Å². The van der Waals surface area contributed by atoms with E-state index in [9.17, 15) is 24.3 Å². The number of esters is 1. The molecule has 0 aromatic heterocycles. The molecule has 0 aliphatic carbocycles. The van der Waals surface area contributed by atoms with Gasteiger partial charge in [0.15, 0.2) is 0 Å². The van der Waals surface area contributed by atoms with Crippen LogP contribution in [0.4, 0.5) is 5.69 Å². The van der Waals surface area contributed by atoms with Crippen LogP contribution >= 0.6 is 15.9 Å². The van der Waals surface area contributed by atoms with E-state index in [1.807, 2.05) is 69.3 Å². The summed E-state index contributed by atoms with van der Waals surface area (Å²) in [6, 6.07) is 12.6. The van der Waals surface area contributed by atoms with Gasteiger partial charge in [-0.05, 0) is 62.8 Å². The van der Waals surface area contributed by atoms with Gasteiger partial charge in [0.05, 0.1) is 36.6 Å². The Kier molecular flexibility index (Phi) is 11.7. The quantitative estimate of drug-likeness (QED) is 0.148. The predicted octanol–water partition coefficient (Wildman–Crippen LogP) is 5.10. The van der Waals surface area contributed by atoms with Crippen LogP contribution in [0.15, 0.2) is 73.8 Å². The molecule has 9 atom stereocenters. The standard InChI is InChI=1S/C39H48BrN3O7/c1-7-10-16-30(45)41-25(6)33(26-14-12-11-13-15-26)49-38(48)31-32-36(46)43(27(9-3)22-44)35(39(32)21-28(40)34(31)50-39)37(47)42(19-8-2)29-20-23(4)17-18-24(29)5/h7-8,11-15,17-18,20,25,27-28,31-35,44H,1-2,9-10,16,19,21-22H2,3-6H3,(H,41,45)/t25-,27-,28?,31+,32-,33-,34+,35+,39-/m0/s1. The van der Waals surface area contributed by atoms with Gasteiger partial charge < -0.3 is 29.7 Å². The van der Waals surface area contributed by atoms with Crippen LogP contribution in [0.5, 0.6) is 0 Å². The number of fused-ring (bicyclic) bond motifs is 1. The molecular formula is C39H48BrN3O7. The first kappa shape index (κ1) is 37.5. The van der Waals surface area contributed by atoms with E-state index in [2.05, 4.69) is 34.4 Å². The number of anilines is 1. The molecule has 268 valence electrons. The Balaban J connectivity index is 1.54. The number of benzene rings is 2. The van der Waals surface area contributed by atoms with Crippen molar-refractivity contribution in [1.29, 1.82) is 0 Å². The summed E-state index contributed by atoms with van der Waals surface area (Å²) in [4.78, 5) is 59.6. The first-order valence-corrected chi connectivity index (χ1v) is 18.3. The molecule has 3 amide bonds. The summed E-state index contributed by atoms with van der Waals surface area (Å²) in [5.74, 6) is -3.71. The molecule has 2 bridgehead atoms. The number of aliphatic hydroxyl groups excluding tert-OH is 1. The average molecular weight is 751 g/mol. The number of nitrogens with one attached hydrogen (secondary N) is 1. The maximum Gasteiger partial charge on any atom is 0.313 e. The van der Waals surface area contributed by atoms with Gasteiger partial charge >= 0.3 is 5.97 Å². The van der Waals surface area contributed by atoms with Crippen LogP contribution in [0, 0.1) is 25.7 Å². The minimum atomic E-state index is -1.36. The molecule has 1 unspecified atom stereocenters. The Morgan fingerprint density at radius 2 is 1.90 bits per heavy atom. The number of halogens is 1. The number of aryl methyl sites for hydroxylation is 2. The van der Waals surface area contributed by atoms with Crippen LogP contribution in [-0.4, -0.2) is 81.5 Å². The summed E-state index contributed by atoms with van der Waals surface area (Å²) in [5.41, 5.74) is 1.85. The summed E-state index contributed by atoms with van der Waals surface area (Å²) >= 11 is 3.74. The summed E-state index contributed by atoms with van der Waals surface area (Å²) in [6.07, 6.45) is 3.13. The van der Waals surface area contributed by atoms with Crippen molar-refractivity contribution in [1.82, 2.24) is 10.2 Å². The van der Waals surface area contributed by atoms with Crippen molar-refractivity contribution in [3.05, 3.63) is 90.5 Å². The van der Waals surface area contributed by atoms with Crippen LogP contribution in [0.25, 0.3) is 0 Å². The van der Waals surface area contributed by atoms with Gasteiger partial charge in [0.25, 0.3) is 5.91 Å². The molecule has 3 aliphatic heterocycles. The lowest BCUT2D eigenvalue weighted by atomic mass is 9.70. The van der Waals surface area contributed by atoms with Gasteiger partial charge in [-0.3, -0.25) is 19.2 Å². The highest BCUT2D eigenvalue weighted by molar-refractivity contribution is 9.09. The number of hydrogen-bond donors (Lipinski definition) is 2. The normalized spacial score (nSPS) is 26.9. The highest BCUT2D eigenvalue weighted by atomic mass is 79.9.